The van der Waals surface area contributed by atoms with Crippen molar-refractivity contribution in [1.82, 2.24) is 5.32 Å². The van der Waals surface area contributed by atoms with Crippen LogP contribution in [0.3, 0.4) is 0 Å². The van der Waals surface area contributed by atoms with Crippen LogP contribution in [0, 0.1) is 11.7 Å². The van der Waals surface area contributed by atoms with Gasteiger partial charge in [0.2, 0.25) is 0 Å². The fourth-order valence-electron chi connectivity index (χ4n) is 1.60. The Morgan fingerprint density at radius 3 is 2.68 bits per heavy atom. The van der Waals surface area contributed by atoms with Gasteiger partial charge in [-0.3, -0.25) is 0 Å². The molecule has 0 radical (unpaired) electrons. The zero-order chi connectivity index (χ0) is 14.3. The lowest BCUT2D eigenvalue weighted by Crippen LogP contribution is -2.36. The zero-order valence-electron chi connectivity index (χ0n) is 11.6. The first-order valence-corrected chi connectivity index (χ1v) is 7.13. The van der Waals surface area contributed by atoms with E-state index in [9.17, 15) is 4.39 Å². The third kappa shape index (κ3) is 6.36. The third-order valence-electron chi connectivity index (χ3n) is 2.46. The maximum absolute atomic E-state index is 13.2. The summed E-state index contributed by atoms with van der Waals surface area (Å²) in [5.41, 5.74) is 0. The van der Waals surface area contributed by atoms with Gasteiger partial charge in [-0.25, -0.2) is 4.39 Å². The van der Waals surface area contributed by atoms with Crippen LogP contribution in [0.25, 0.3) is 0 Å². The van der Waals surface area contributed by atoms with Crippen LogP contribution in [-0.2, 0) is 4.74 Å². The predicted octanol–water partition coefficient (Wildman–Crippen LogP) is 3.23. The van der Waals surface area contributed by atoms with Gasteiger partial charge in [0.1, 0.15) is 17.7 Å². The molecule has 0 spiro atoms. The van der Waals surface area contributed by atoms with E-state index in [1.54, 1.807) is 13.2 Å². The van der Waals surface area contributed by atoms with Gasteiger partial charge in [0.15, 0.2) is 0 Å². The summed E-state index contributed by atoms with van der Waals surface area (Å²) in [5, 5.41) is 3.31. The average molecular weight is 334 g/mol. The minimum absolute atomic E-state index is 0.151. The summed E-state index contributed by atoms with van der Waals surface area (Å²) in [6.07, 6.45) is -0.151. The van der Waals surface area contributed by atoms with E-state index in [4.69, 9.17) is 9.47 Å². The molecule has 1 atom stereocenters. The van der Waals surface area contributed by atoms with Gasteiger partial charge in [-0.2, -0.15) is 0 Å². The lowest BCUT2D eigenvalue weighted by molar-refractivity contribution is 0.0795. The van der Waals surface area contributed by atoms with Crippen LogP contribution in [0.5, 0.6) is 5.75 Å². The normalized spacial score (nSPS) is 12.7. The van der Waals surface area contributed by atoms with Crippen molar-refractivity contribution in [2.24, 2.45) is 5.92 Å². The molecule has 1 unspecified atom stereocenters. The summed E-state index contributed by atoms with van der Waals surface area (Å²) in [4.78, 5) is 0. The Labute approximate surface area is 122 Å². The summed E-state index contributed by atoms with van der Waals surface area (Å²) < 4.78 is 24.8. The highest BCUT2D eigenvalue weighted by Gasteiger charge is 2.13. The number of nitrogens with one attached hydrogen (secondary N) is 1. The summed E-state index contributed by atoms with van der Waals surface area (Å²) >= 11 is 3.35. The number of ether oxygens (including phenoxy) is 2. The van der Waals surface area contributed by atoms with E-state index in [-0.39, 0.29) is 11.9 Å². The van der Waals surface area contributed by atoms with E-state index in [1.165, 1.54) is 12.1 Å². The summed E-state index contributed by atoms with van der Waals surface area (Å²) in [7, 11) is 1.62. The average Bonchev–Trinajstić information content (AvgIpc) is 2.33. The molecule has 1 aromatic rings. The van der Waals surface area contributed by atoms with Crippen LogP contribution in [0.15, 0.2) is 22.7 Å². The highest BCUT2D eigenvalue weighted by Crippen LogP contribution is 2.26. The number of hydrogen-bond donors (Lipinski definition) is 1. The molecule has 0 aliphatic heterocycles. The van der Waals surface area contributed by atoms with E-state index in [0.29, 0.717) is 24.8 Å². The Balaban J connectivity index is 2.58. The Kier molecular flexibility index (Phi) is 7.34. The minimum Gasteiger partial charge on any atom is -0.485 e. The Morgan fingerprint density at radius 2 is 2.05 bits per heavy atom. The molecule has 19 heavy (non-hydrogen) atoms. The predicted molar refractivity (Wildman–Crippen MR) is 78.1 cm³/mol. The van der Waals surface area contributed by atoms with Crippen molar-refractivity contribution >= 4 is 15.9 Å². The molecule has 0 aromatic heterocycles. The maximum atomic E-state index is 13.2. The van der Waals surface area contributed by atoms with Crippen molar-refractivity contribution in [2.45, 2.75) is 20.0 Å². The second-order valence-corrected chi connectivity index (χ2v) is 5.68. The molecule has 0 saturated heterocycles. The largest absolute Gasteiger partial charge is 0.485 e. The molecule has 1 aromatic carbocycles. The second-order valence-electron chi connectivity index (χ2n) is 4.82. The standard InChI is InChI=1S/C14H21BrFNO2/c1-10(2)7-17-8-12(9-18-3)19-14-6-11(16)4-5-13(14)15/h4-6,10,12,17H,7-9H2,1-3H3. The fourth-order valence-corrected chi connectivity index (χ4v) is 1.94. The van der Waals surface area contributed by atoms with E-state index in [1.807, 2.05) is 0 Å². The molecule has 1 rings (SSSR count). The molecular weight excluding hydrogens is 313 g/mol. The molecule has 5 heteroatoms. The molecular formula is C14H21BrFNO2. The fraction of sp³-hybridized carbons (Fsp3) is 0.571. The van der Waals surface area contributed by atoms with E-state index in [0.717, 1.165) is 11.0 Å². The number of methoxy groups -OCH3 is 1. The maximum Gasteiger partial charge on any atom is 0.137 e. The van der Waals surface area contributed by atoms with Crippen LogP contribution in [-0.4, -0.2) is 32.9 Å². The van der Waals surface area contributed by atoms with Gasteiger partial charge in [0.25, 0.3) is 0 Å². The van der Waals surface area contributed by atoms with Gasteiger partial charge < -0.3 is 14.8 Å². The van der Waals surface area contributed by atoms with Gasteiger partial charge in [-0.15, -0.1) is 0 Å². The molecule has 0 aliphatic rings. The highest BCUT2D eigenvalue weighted by atomic mass is 79.9. The van der Waals surface area contributed by atoms with Crippen molar-refractivity contribution in [3.8, 4) is 5.75 Å². The summed E-state index contributed by atoms with van der Waals surface area (Å²) in [5.74, 6) is 0.752. The number of benzene rings is 1. The van der Waals surface area contributed by atoms with Crippen LogP contribution >= 0.6 is 15.9 Å². The van der Waals surface area contributed by atoms with Crippen molar-refractivity contribution in [1.29, 1.82) is 0 Å². The lowest BCUT2D eigenvalue weighted by atomic mass is 10.2. The second kappa shape index (κ2) is 8.51. The molecule has 0 heterocycles. The monoisotopic (exact) mass is 333 g/mol. The van der Waals surface area contributed by atoms with Gasteiger partial charge >= 0.3 is 0 Å². The SMILES string of the molecule is COCC(CNCC(C)C)Oc1cc(F)ccc1Br. The van der Waals surface area contributed by atoms with Gasteiger partial charge in [0.05, 0.1) is 11.1 Å². The first-order valence-electron chi connectivity index (χ1n) is 6.34. The van der Waals surface area contributed by atoms with Crippen LogP contribution in [0.4, 0.5) is 4.39 Å². The molecule has 0 saturated carbocycles. The van der Waals surface area contributed by atoms with Gasteiger partial charge in [-0.05, 0) is 40.5 Å². The van der Waals surface area contributed by atoms with Crippen molar-refractivity contribution < 1.29 is 13.9 Å². The van der Waals surface area contributed by atoms with Crippen molar-refractivity contribution in [2.75, 3.05) is 26.8 Å². The molecule has 0 aliphatic carbocycles. The number of hydrogen-bond acceptors (Lipinski definition) is 3. The minimum atomic E-state index is -0.315. The first kappa shape index (κ1) is 16.4. The zero-order valence-corrected chi connectivity index (χ0v) is 13.2. The number of halogens is 2. The van der Waals surface area contributed by atoms with Crippen LogP contribution in [0.1, 0.15) is 13.8 Å². The molecule has 0 bridgehead atoms. The van der Waals surface area contributed by atoms with E-state index in [2.05, 4.69) is 35.1 Å². The molecule has 3 nitrogen and oxygen atoms in total. The molecule has 108 valence electrons. The van der Waals surface area contributed by atoms with Crippen molar-refractivity contribution in [3.05, 3.63) is 28.5 Å². The van der Waals surface area contributed by atoms with Crippen LogP contribution < -0.4 is 10.1 Å². The summed E-state index contributed by atoms with van der Waals surface area (Å²) in [6.45, 7) is 6.31. The Bertz CT molecular complexity index is 388. The number of rotatable bonds is 8. The Hall–Kier alpha value is -0.650. The van der Waals surface area contributed by atoms with E-state index >= 15 is 0 Å². The first-order chi connectivity index (χ1) is 9.02. The molecule has 1 N–H and O–H groups in total. The Morgan fingerprint density at radius 1 is 1.32 bits per heavy atom. The molecule has 0 amide bonds. The third-order valence-corrected chi connectivity index (χ3v) is 3.12. The van der Waals surface area contributed by atoms with E-state index < -0.39 is 0 Å². The van der Waals surface area contributed by atoms with Crippen LogP contribution in [0.2, 0.25) is 0 Å². The van der Waals surface area contributed by atoms with Gasteiger partial charge in [0, 0.05) is 19.7 Å². The topological polar surface area (TPSA) is 30.5 Å². The lowest BCUT2D eigenvalue weighted by Gasteiger charge is -2.20. The van der Waals surface area contributed by atoms with Gasteiger partial charge in [-0.1, -0.05) is 13.8 Å². The quantitative estimate of drug-likeness (QED) is 0.792. The molecule has 0 fully saturated rings. The van der Waals surface area contributed by atoms with Crippen molar-refractivity contribution in [3.63, 3.8) is 0 Å². The summed E-state index contributed by atoms with van der Waals surface area (Å²) in [6, 6.07) is 4.39. The highest BCUT2D eigenvalue weighted by molar-refractivity contribution is 9.10. The smallest absolute Gasteiger partial charge is 0.137 e.